The number of para-hydroxylation sites is 1. The van der Waals surface area contributed by atoms with Crippen LogP contribution in [-0.4, -0.2) is 16.7 Å². The van der Waals surface area contributed by atoms with Crippen LogP contribution in [0.3, 0.4) is 0 Å². The molecular weight excluding hydrogens is 322 g/mol. The predicted molar refractivity (Wildman–Crippen MR) is 106 cm³/mol. The molecule has 0 aliphatic heterocycles. The average Bonchev–Trinajstić information content (AvgIpc) is 2.93. The summed E-state index contributed by atoms with van der Waals surface area (Å²) in [5.41, 5.74) is 6.83. The summed E-state index contributed by atoms with van der Waals surface area (Å²) in [4.78, 5) is 12.0. The lowest BCUT2D eigenvalue weighted by molar-refractivity contribution is -0.121. The second-order valence-electron chi connectivity index (χ2n) is 6.09. The topological polar surface area (TPSA) is 46.4 Å². The number of hydrogen-bond acceptors (Lipinski definition) is 2. The molecule has 2 aromatic carbocycles. The summed E-state index contributed by atoms with van der Waals surface area (Å²) in [6.45, 7) is 2.51. The van der Waals surface area contributed by atoms with Crippen molar-refractivity contribution in [3.63, 3.8) is 0 Å². The molecule has 1 N–H and O–H groups in total. The Kier molecular flexibility index (Phi) is 5.50. The molecule has 0 saturated heterocycles. The average molecular weight is 343 g/mol. The number of benzene rings is 2. The number of hydrazone groups is 1. The van der Waals surface area contributed by atoms with Crippen molar-refractivity contribution in [3.8, 4) is 12.3 Å². The van der Waals surface area contributed by atoms with Crippen LogP contribution < -0.4 is 5.43 Å². The second kappa shape index (κ2) is 8.17. The molecule has 1 amide bonds. The van der Waals surface area contributed by atoms with E-state index in [4.69, 9.17) is 6.42 Å². The smallest absolute Gasteiger partial charge is 0.240 e. The number of aryl methyl sites for hydroxylation is 1. The standard InChI is InChI=1S/C22H21N3O/c1-3-15-25-17(2)20(19-11-7-8-12-21(19)25)16-23-24-22(26)14-13-18-9-5-4-6-10-18/h1,4-12,16H,13-15H2,2H3,(H,24,26)/b23-16-. The Morgan fingerprint density at radius 1 is 1.19 bits per heavy atom. The van der Waals surface area contributed by atoms with E-state index in [1.165, 1.54) is 0 Å². The Morgan fingerprint density at radius 3 is 2.69 bits per heavy atom. The molecule has 3 aromatic rings. The van der Waals surface area contributed by atoms with E-state index >= 15 is 0 Å². The summed E-state index contributed by atoms with van der Waals surface area (Å²) in [7, 11) is 0. The summed E-state index contributed by atoms with van der Waals surface area (Å²) in [6, 6.07) is 18.0. The highest BCUT2D eigenvalue weighted by atomic mass is 16.2. The van der Waals surface area contributed by atoms with Crippen molar-refractivity contribution in [2.75, 3.05) is 0 Å². The molecule has 0 atom stereocenters. The van der Waals surface area contributed by atoms with E-state index in [0.717, 1.165) is 27.7 Å². The number of nitrogens with zero attached hydrogens (tertiary/aromatic N) is 2. The number of carbonyl (C=O) groups excluding carboxylic acids is 1. The minimum Gasteiger partial charge on any atom is -0.333 e. The minimum absolute atomic E-state index is 0.102. The van der Waals surface area contributed by atoms with Gasteiger partial charge < -0.3 is 4.57 Å². The van der Waals surface area contributed by atoms with Crippen LogP contribution in [0.5, 0.6) is 0 Å². The lowest BCUT2D eigenvalue weighted by Gasteiger charge is -2.03. The Morgan fingerprint density at radius 2 is 1.92 bits per heavy atom. The highest BCUT2D eigenvalue weighted by Crippen LogP contribution is 2.24. The fraction of sp³-hybridized carbons (Fsp3) is 0.182. The first-order chi connectivity index (χ1) is 12.7. The van der Waals surface area contributed by atoms with Crippen molar-refractivity contribution in [2.45, 2.75) is 26.3 Å². The van der Waals surface area contributed by atoms with Crippen LogP contribution in [0.1, 0.15) is 23.2 Å². The second-order valence-corrected chi connectivity index (χ2v) is 6.09. The van der Waals surface area contributed by atoms with E-state index in [1.54, 1.807) is 6.21 Å². The van der Waals surface area contributed by atoms with Crippen molar-refractivity contribution in [1.29, 1.82) is 0 Å². The predicted octanol–water partition coefficient (Wildman–Crippen LogP) is 3.67. The molecular formula is C22H21N3O. The molecule has 4 nitrogen and oxygen atoms in total. The summed E-state index contributed by atoms with van der Waals surface area (Å²) in [6.07, 6.45) is 8.29. The molecule has 0 spiro atoms. The lowest BCUT2D eigenvalue weighted by Crippen LogP contribution is -2.18. The first-order valence-electron chi connectivity index (χ1n) is 8.58. The van der Waals surface area contributed by atoms with Crippen LogP contribution in [0.15, 0.2) is 59.7 Å². The number of fused-ring (bicyclic) bond motifs is 1. The van der Waals surface area contributed by atoms with Crippen molar-refractivity contribution >= 4 is 23.0 Å². The van der Waals surface area contributed by atoms with E-state index in [2.05, 4.69) is 21.0 Å². The third-order valence-corrected chi connectivity index (χ3v) is 4.40. The largest absolute Gasteiger partial charge is 0.333 e. The zero-order valence-corrected chi connectivity index (χ0v) is 14.8. The molecule has 0 unspecified atom stereocenters. The Labute approximate surface area is 153 Å². The molecule has 0 radical (unpaired) electrons. The highest BCUT2D eigenvalue weighted by molar-refractivity contribution is 6.01. The van der Waals surface area contributed by atoms with Crippen molar-refractivity contribution < 1.29 is 4.79 Å². The molecule has 0 aliphatic carbocycles. The van der Waals surface area contributed by atoms with Gasteiger partial charge >= 0.3 is 0 Å². The SMILES string of the molecule is C#CCn1c(C)c(/C=N\NC(=O)CCc2ccccc2)c2ccccc21. The zero-order chi connectivity index (χ0) is 18.4. The molecule has 4 heteroatoms. The van der Waals surface area contributed by atoms with E-state index in [0.29, 0.717) is 19.4 Å². The van der Waals surface area contributed by atoms with Crippen LogP contribution in [0.2, 0.25) is 0 Å². The lowest BCUT2D eigenvalue weighted by atomic mass is 10.1. The van der Waals surface area contributed by atoms with Gasteiger partial charge in [-0.15, -0.1) is 6.42 Å². The molecule has 0 saturated carbocycles. The minimum atomic E-state index is -0.102. The normalized spacial score (nSPS) is 10.9. The van der Waals surface area contributed by atoms with Crippen LogP contribution in [0.25, 0.3) is 10.9 Å². The summed E-state index contributed by atoms with van der Waals surface area (Å²) in [5, 5.41) is 5.22. The number of nitrogens with one attached hydrogen (secondary N) is 1. The summed E-state index contributed by atoms with van der Waals surface area (Å²) >= 11 is 0. The molecule has 130 valence electrons. The van der Waals surface area contributed by atoms with Crippen molar-refractivity contribution in [2.24, 2.45) is 5.10 Å². The molecule has 1 heterocycles. The number of carbonyl (C=O) groups is 1. The molecule has 0 aliphatic rings. The maximum Gasteiger partial charge on any atom is 0.240 e. The Balaban J connectivity index is 1.70. The molecule has 0 fully saturated rings. The van der Waals surface area contributed by atoms with E-state index in [-0.39, 0.29) is 5.91 Å². The van der Waals surface area contributed by atoms with Gasteiger partial charge in [-0.25, -0.2) is 5.43 Å². The Bertz CT molecular complexity index is 978. The third kappa shape index (κ3) is 3.84. The number of hydrogen-bond donors (Lipinski definition) is 1. The van der Waals surface area contributed by atoms with Crippen LogP contribution in [0, 0.1) is 19.3 Å². The number of rotatable bonds is 6. The fourth-order valence-electron chi connectivity index (χ4n) is 3.04. The van der Waals surface area contributed by atoms with Gasteiger partial charge in [-0.3, -0.25) is 4.79 Å². The highest BCUT2D eigenvalue weighted by Gasteiger charge is 2.11. The monoisotopic (exact) mass is 343 g/mol. The van der Waals surface area contributed by atoms with Gasteiger partial charge in [0.05, 0.1) is 12.8 Å². The van der Waals surface area contributed by atoms with Gasteiger partial charge in [0, 0.05) is 28.6 Å². The first-order valence-corrected chi connectivity index (χ1v) is 8.58. The van der Waals surface area contributed by atoms with Crippen molar-refractivity contribution in [1.82, 2.24) is 9.99 Å². The van der Waals surface area contributed by atoms with E-state index in [1.807, 2.05) is 61.5 Å². The van der Waals surface area contributed by atoms with Gasteiger partial charge in [0.15, 0.2) is 0 Å². The maximum absolute atomic E-state index is 12.0. The molecule has 26 heavy (non-hydrogen) atoms. The van der Waals surface area contributed by atoms with Gasteiger partial charge in [-0.05, 0) is 25.0 Å². The van der Waals surface area contributed by atoms with Gasteiger partial charge in [0.25, 0.3) is 0 Å². The van der Waals surface area contributed by atoms with Gasteiger partial charge in [-0.1, -0.05) is 54.5 Å². The van der Waals surface area contributed by atoms with E-state index < -0.39 is 0 Å². The fourth-order valence-corrected chi connectivity index (χ4v) is 3.04. The number of amides is 1. The van der Waals surface area contributed by atoms with Crippen LogP contribution in [0.4, 0.5) is 0 Å². The first kappa shape index (κ1) is 17.5. The van der Waals surface area contributed by atoms with Gasteiger partial charge in [0.2, 0.25) is 5.91 Å². The Hall–Kier alpha value is -3.32. The number of aromatic nitrogens is 1. The molecule has 1 aromatic heterocycles. The van der Waals surface area contributed by atoms with Gasteiger partial charge in [0.1, 0.15) is 0 Å². The zero-order valence-electron chi connectivity index (χ0n) is 14.8. The number of terminal acetylenes is 1. The van der Waals surface area contributed by atoms with Crippen molar-refractivity contribution in [3.05, 3.63) is 71.4 Å². The van der Waals surface area contributed by atoms with Gasteiger partial charge in [-0.2, -0.15) is 5.10 Å². The molecule has 0 bridgehead atoms. The summed E-state index contributed by atoms with van der Waals surface area (Å²) < 4.78 is 2.08. The summed E-state index contributed by atoms with van der Waals surface area (Å²) in [5.74, 6) is 2.58. The van der Waals surface area contributed by atoms with Crippen LogP contribution in [-0.2, 0) is 17.8 Å². The third-order valence-electron chi connectivity index (χ3n) is 4.40. The maximum atomic E-state index is 12.0. The quantitative estimate of drug-likeness (QED) is 0.414. The van der Waals surface area contributed by atoms with E-state index in [9.17, 15) is 4.79 Å². The molecule has 3 rings (SSSR count). The van der Waals surface area contributed by atoms with Crippen LogP contribution >= 0.6 is 0 Å².